The first-order valence-electron chi connectivity index (χ1n) is 15.3. The zero-order chi connectivity index (χ0) is 32.4. The van der Waals surface area contributed by atoms with Gasteiger partial charge in [-0.25, -0.2) is 13.9 Å². The molecule has 2 atom stereocenters. The molecule has 3 N–H and O–H groups in total. The van der Waals surface area contributed by atoms with Gasteiger partial charge in [0.1, 0.15) is 35.6 Å². The monoisotopic (exact) mass is 645 g/mol. The maximum atomic E-state index is 14.1. The number of rotatable bonds is 10. The molecule has 1 aromatic carbocycles. The average molecular weight is 646 g/mol. The van der Waals surface area contributed by atoms with Crippen molar-refractivity contribution in [2.75, 3.05) is 20.3 Å². The molecule has 2 amide bonds. The van der Waals surface area contributed by atoms with Gasteiger partial charge in [-0.05, 0) is 74.9 Å². The van der Waals surface area contributed by atoms with E-state index in [1.54, 1.807) is 29.6 Å². The van der Waals surface area contributed by atoms with Crippen LogP contribution in [0.5, 0.6) is 11.6 Å². The highest BCUT2D eigenvalue weighted by Gasteiger charge is 2.49. The second kappa shape index (κ2) is 11.1. The summed E-state index contributed by atoms with van der Waals surface area (Å²) in [6.45, 7) is 1.60. The first-order chi connectivity index (χ1) is 22.1. The Morgan fingerprint density at radius 2 is 2.00 bits per heavy atom. The summed E-state index contributed by atoms with van der Waals surface area (Å²) in [5, 5.41) is 7.54. The van der Waals surface area contributed by atoms with Gasteiger partial charge in [-0.1, -0.05) is 18.0 Å². The molecule has 12 heteroatoms. The molecule has 2 aliphatic carbocycles. The third-order valence-electron chi connectivity index (χ3n) is 9.89. The van der Waals surface area contributed by atoms with Crippen molar-refractivity contribution in [3.8, 4) is 22.9 Å². The molecule has 238 valence electrons. The number of amides is 2. The Hall–Kier alpha value is -4.51. The standard InChI is InChI=1S/C34H33ClFN5O5/c1-33(32(37)44)17-46-30-23(33)14-27(39-29(30)19-8-9-25(36)24(35)11-19)34(16-42,21-4-3-5-21)15-38-31(43)20-10-22-13-26(18-6-7-18)40-41(22)28(12-20)45-2/h8-14,16,18,21H,3-7,15,17H2,1-2H3,(H2,37,44)(H,38,43)/t33-,34+/m0/s1. The van der Waals surface area contributed by atoms with Crippen LogP contribution in [0.2, 0.25) is 5.02 Å². The van der Waals surface area contributed by atoms with E-state index in [0.29, 0.717) is 45.6 Å². The number of hydrogen-bond acceptors (Lipinski definition) is 7. The number of halogens is 2. The highest BCUT2D eigenvalue weighted by Crippen LogP contribution is 2.49. The van der Waals surface area contributed by atoms with Crippen LogP contribution < -0.4 is 20.5 Å². The predicted molar refractivity (Wildman–Crippen MR) is 168 cm³/mol. The van der Waals surface area contributed by atoms with E-state index in [-0.39, 0.29) is 24.1 Å². The summed E-state index contributed by atoms with van der Waals surface area (Å²) < 4.78 is 27.4. The number of carbonyl (C=O) groups excluding carboxylic acids is 3. The number of hydrogen-bond donors (Lipinski definition) is 2. The fourth-order valence-corrected chi connectivity index (χ4v) is 6.68. The fourth-order valence-electron chi connectivity index (χ4n) is 6.50. The van der Waals surface area contributed by atoms with Gasteiger partial charge in [0, 0.05) is 35.2 Å². The van der Waals surface area contributed by atoms with Gasteiger partial charge in [0.2, 0.25) is 11.8 Å². The van der Waals surface area contributed by atoms with Crippen LogP contribution in [0.15, 0.2) is 42.5 Å². The van der Waals surface area contributed by atoms with Crippen molar-refractivity contribution in [3.63, 3.8) is 0 Å². The Morgan fingerprint density at radius 3 is 2.63 bits per heavy atom. The van der Waals surface area contributed by atoms with E-state index < -0.39 is 28.5 Å². The molecule has 2 fully saturated rings. The summed E-state index contributed by atoms with van der Waals surface area (Å²) in [6.07, 6.45) is 5.42. The van der Waals surface area contributed by atoms with Gasteiger partial charge in [0.15, 0.2) is 0 Å². The average Bonchev–Trinajstić information content (AvgIpc) is 3.69. The van der Waals surface area contributed by atoms with Crippen molar-refractivity contribution < 1.29 is 28.2 Å². The van der Waals surface area contributed by atoms with Crippen LogP contribution in [0.3, 0.4) is 0 Å². The maximum absolute atomic E-state index is 14.1. The minimum absolute atomic E-state index is 0.0274. The summed E-state index contributed by atoms with van der Waals surface area (Å²) in [5.74, 6) is -0.562. The van der Waals surface area contributed by atoms with Gasteiger partial charge in [0.05, 0.1) is 34.5 Å². The van der Waals surface area contributed by atoms with E-state index in [4.69, 9.17) is 31.8 Å². The molecule has 0 spiro atoms. The first-order valence-corrected chi connectivity index (χ1v) is 15.7. The molecule has 46 heavy (non-hydrogen) atoms. The molecule has 10 nitrogen and oxygen atoms in total. The number of aromatic nitrogens is 3. The fraction of sp³-hybridized carbons (Fsp3) is 0.382. The van der Waals surface area contributed by atoms with Gasteiger partial charge in [-0.15, -0.1) is 0 Å². The minimum Gasteiger partial charge on any atom is -0.489 e. The third-order valence-corrected chi connectivity index (χ3v) is 10.2. The van der Waals surface area contributed by atoms with E-state index in [1.165, 1.54) is 25.3 Å². The van der Waals surface area contributed by atoms with E-state index >= 15 is 0 Å². The molecule has 3 aliphatic rings. The van der Waals surface area contributed by atoms with E-state index in [9.17, 15) is 18.8 Å². The van der Waals surface area contributed by atoms with Crippen molar-refractivity contribution >= 4 is 35.2 Å². The van der Waals surface area contributed by atoms with Crippen LogP contribution in [0.1, 0.15) is 72.3 Å². The zero-order valence-corrected chi connectivity index (χ0v) is 26.2. The van der Waals surface area contributed by atoms with Crippen LogP contribution >= 0.6 is 11.6 Å². The number of primary amides is 1. The van der Waals surface area contributed by atoms with Gasteiger partial charge < -0.3 is 25.3 Å². The highest BCUT2D eigenvalue weighted by atomic mass is 35.5. The van der Waals surface area contributed by atoms with Crippen LogP contribution in [0, 0.1) is 11.7 Å². The molecule has 7 rings (SSSR count). The topological polar surface area (TPSA) is 138 Å². The first kappa shape index (κ1) is 30.2. The number of pyridine rings is 2. The molecule has 0 saturated heterocycles. The highest BCUT2D eigenvalue weighted by molar-refractivity contribution is 6.31. The quantitative estimate of drug-likeness (QED) is 0.235. The molecule has 4 heterocycles. The summed E-state index contributed by atoms with van der Waals surface area (Å²) in [5.41, 5.74) is 7.05. The lowest BCUT2D eigenvalue weighted by Gasteiger charge is -2.41. The lowest BCUT2D eigenvalue weighted by Crippen LogP contribution is -2.50. The van der Waals surface area contributed by atoms with E-state index in [1.807, 2.05) is 6.07 Å². The second-order valence-electron chi connectivity index (χ2n) is 12.8. The zero-order valence-electron chi connectivity index (χ0n) is 25.4. The van der Waals surface area contributed by atoms with Crippen molar-refractivity contribution in [1.29, 1.82) is 0 Å². The molecule has 1 aliphatic heterocycles. The smallest absolute Gasteiger partial charge is 0.251 e. The van der Waals surface area contributed by atoms with Crippen molar-refractivity contribution in [3.05, 3.63) is 75.8 Å². The number of methoxy groups -OCH3 is 1. The summed E-state index contributed by atoms with van der Waals surface area (Å²) in [6, 6.07) is 11.2. The number of aldehydes is 1. The van der Waals surface area contributed by atoms with E-state index in [2.05, 4.69) is 10.4 Å². The van der Waals surface area contributed by atoms with Crippen LogP contribution in [-0.2, 0) is 20.4 Å². The summed E-state index contributed by atoms with van der Waals surface area (Å²) in [4.78, 5) is 44.7. The van der Waals surface area contributed by atoms with Crippen molar-refractivity contribution in [2.45, 2.75) is 55.8 Å². The number of carbonyl (C=O) groups is 3. The number of fused-ring (bicyclic) bond motifs is 2. The second-order valence-corrected chi connectivity index (χ2v) is 13.2. The lowest BCUT2D eigenvalue weighted by molar-refractivity contribution is -0.123. The van der Waals surface area contributed by atoms with E-state index in [0.717, 1.165) is 49.6 Å². The molecule has 0 radical (unpaired) electrons. The Balaban J connectivity index is 1.30. The molecular weight excluding hydrogens is 613 g/mol. The number of benzene rings is 1. The minimum atomic E-state index is -1.24. The predicted octanol–water partition coefficient (Wildman–Crippen LogP) is 4.88. The largest absolute Gasteiger partial charge is 0.489 e. The van der Waals surface area contributed by atoms with Gasteiger partial charge >= 0.3 is 0 Å². The van der Waals surface area contributed by atoms with Gasteiger partial charge in [-0.2, -0.15) is 5.10 Å². The van der Waals surface area contributed by atoms with Crippen LogP contribution in [0.25, 0.3) is 16.8 Å². The van der Waals surface area contributed by atoms with Crippen molar-refractivity contribution in [2.24, 2.45) is 11.7 Å². The molecule has 2 saturated carbocycles. The van der Waals surface area contributed by atoms with Crippen LogP contribution in [0.4, 0.5) is 4.39 Å². The normalized spacial score (nSPS) is 20.3. The van der Waals surface area contributed by atoms with Crippen molar-refractivity contribution in [1.82, 2.24) is 19.9 Å². The van der Waals surface area contributed by atoms with Gasteiger partial charge in [0.25, 0.3) is 5.91 Å². The summed E-state index contributed by atoms with van der Waals surface area (Å²) >= 11 is 6.14. The number of ether oxygens (including phenoxy) is 2. The molecule has 0 unspecified atom stereocenters. The third kappa shape index (κ3) is 4.79. The Kier molecular flexibility index (Phi) is 7.26. The number of nitrogens with two attached hydrogens (primary N) is 1. The Bertz CT molecular complexity index is 1920. The maximum Gasteiger partial charge on any atom is 0.251 e. The SMILES string of the molecule is COc1cc(C(=O)NC[C@](C=O)(c2cc3c(c(-c4ccc(F)c(Cl)c4)n2)OC[C@]3(C)C(N)=O)C2CCC2)cc2cc(C3CC3)nn12. The Morgan fingerprint density at radius 1 is 1.22 bits per heavy atom. The van der Waals surface area contributed by atoms with Crippen LogP contribution in [-0.4, -0.2) is 53.0 Å². The Labute approximate surface area is 269 Å². The molecular formula is C34H33ClFN5O5. The summed E-state index contributed by atoms with van der Waals surface area (Å²) in [7, 11) is 1.53. The number of nitrogens with zero attached hydrogens (tertiary/aromatic N) is 3. The molecule has 3 aromatic heterocycles. The van der Waals surface area contributed by atoms with Gasteiger partial charge in [-0.3, -0.25) is 9.59 Å². The molecule has 4 aromatic rings. The lowest BCUT2D eigenvalue weighted by atomic mass is 9.63. The number of nitrogens with one attached hydrogen (secondary N) is 1. The molecule has 0 bridgehead atoms.